The smallest absolute Gasteiger partial charge is 0.261 e. The molecule has 0 saturated carbocycles. The summed E-state index contributed by atoms with van der Waals surface area (Å²) in [5.74, 6) is 0.418. The Kier molecular flexibility index (Phi) is 2.96. The molecule has 0 N–H and O–H groups in total. The van der Waals surface area contributed by atoms with E-state index in [1.54, 1.807) is 24.3 Å². The van der Waals surface area contributed by atoms with Crippen LogP contribution in [0.4, 0.5) is 0 Å². The molecule has 0 saturated heterocycles. The summed E-state index contributed by atoms with van der Waals surface area (Å²) in [6, 6.07) is 14.9. The summed E-state index contributed by atoms with van der Waals surface area (Å²) in [6.45, 7) is 0.306. The van der Waals surface area contributed by atoms with Crippen molar-refractivity contribution in [1.82, 2.24) is 4.90 Å². The standard InChI is InChI=1S/C18H15NO3/c20-17-14-6-2-3-7-15(14)18(21)19(17)11-13-10-9-12-5-1-4-8-16(12)22-13/h1-8,13H,9-11H2/t13-/m1/s1. The predicted octanol–water partition coefficient (Wildman–Crippen LogP) is 2.68. The van der Waals surface area contributed by atoms with Gasteiger partial charge in [0, 0.05) is 0 Å². The molecule has 0 aromatic heterocycles. The fourth-order valence-electron chi connectivity index (χ4n) is 3.12. The van der Waals surface area contributed by atoms with Crippen LogP contribution in [-0.4, -0.2) is 29.4 Å². The number of hydrogen-bond acceptors (Lipinski definition) is 3. The predicted molar refractivity (Wildman–Crippen MR) is 81.0 cm³/mol. The van der Waals surface area contributed by atoms with Crippen molar-refractivity contribution >= 4 is 11.8 Å². The molecular weight excluding hydrogens is 278 g/mol. The van der Waals surface area contributed by atoms with Gasteiger partial charge in [0.25, 0.3) is 11.8 Å². The molecule has 2 aliphatic rings. The summed E-state index contributed by atoms with van der Waals surface area (Å²) in [6.07, 6.45) is 1.58. The van der Waals surface area contributed by atoms with E-state index >= 15 is 0 Å². The first-order valence-corrected chi connectivity index (χ1v) is 7.44. The number of para-hydroxylation sites is 1. The van der Waals surface area contributed by atoms with Crippen molar-refractivity contribution in [3.05, 3.63) is 65.2 Å². The third-order valence-electron chi connectivity index (χ3n) is 4.27. The van der Waals surface area contributed by atoms with Crippen molar-refractivity contribution in [3.8, 4) is 5.75 Å². The number of fused-ring (bicyclic) bond motifs is 2. The van der Waals surface area contributed by atoms with Gasteiger partial charge in [-0.25, -0.2) is 0 Å². The summed E-state index contributed by atoms with van der Waals surface area (Å²) in [5, 5.41) is 0. The first kappa shape index (κ1) is 13.1. The highest BCUT2D eigenvalue weighted by molar-refractivity contribution is 6.21. The zero-order valence-electron chi connectivity index (χ0n) is 12.0. The molecule has 0 aliphatic carbocycles. The van der Waals surface area contributed by atoms with Crippen LogP contribution in [0.5, 0.6) is 5.75 Å². The molecule has 0 unspecified atom stereocenters. The number of nitrogens with zero attached hydrogens (tertiary/aromatic N) is 1. The molecule has 0 spiro atoms. The second kappa shape index (κ2) is 4.98. The summed E-state index contributed by atoms with van der Waals surface area (Å²) >= 11 is 0. The maximum absolute atomic E-state index is 12.4. The third-order valence-corrected chi connectivity index (χ3v) is 4.27. The van der Waals surface area contributed by atoms with Crippen LogP contribution in [-0.2, 0) is 6.42 Å². The van der Waals surface area contributed by atoms with Gasteiger partial charge in [0.1, 0.15) is 11.9 Å². The summed E-state index contributed by atoms with van der Waals surface area (Å²) < 4.78 is 5.94. The Morgan fingerprint density at radius 2 is 1.59 bits per heavy atom. The van der Waals surface area contributed by atoms with Crippen molar-refractivity contribution in [2.24, 2.45) is 0 Å². The number of amides is 2. The van der Waals surface area contributed by atoms with E-state index in [1.807, 2.05) is 24.3 Å². The second-order valence-electron chi connectivity index (χ2n) is 5.65. The van der Waals surface area contributed by atoms with E-state index in [2.05, 4.69) is 0 Å². The van der Waals surface area contributed by atoms with E-state index in [4.69, 9.17) is 4.74 Å². The number of carbonyl (C=O) groups is 2. The minimum Gasteiger partial charge on any atom is -0.488 e. The van der Waals surface area contributed by atoms with Gasteiger partial charge in [-0.1, -0.05) is 30.3 Å². The quantitative estimate of drug-likeness (QED) is 0.800. The van der Waals surface area contributed by atoms with Crippen molar-refractivity contribution < 1.29 is 14.3 Å². The third kappa shape index (κ3) is 1.99. The highest BCUT2D eigenvalue weighted by Gasteiger charge is 2.37. The maximum Gasteiger partial charge on any atom is 0.261 e. The Morgan fingerprint density at radius 3 is 2.32 bits per heavy atom. The van der Waals surface area contributed by atoms with E-state index < -0.39 is 0 Å². The summed E-state index contributed by atoms with van der Waals surface area (Å²) in [4.78, 5) is 26.1. The average molecular weight is 293 g/mol. The molecule has 110 valence electrons. The van der Waals surface area contributed by atoms with Crippen LogP contribution in [0.3, 0.4) is 0 Å². The molecule has 2 aliphatic heterocycles. The van der Waals surface area contributed by atoms with Crippen LogP contribution in [0, 0.1) is 0 Å². The van der Waals surface area contributed by atoms with Crippen molar-refractivity contribution in [2.45, 2.75) is 18.9 Å². The van der Waals surface area contributed by atoms with E-state index in [1.165, 1.54) is 10.5 Å². The van der Waals surface area contributed by atoms with Gasteiger partial charge in [0.15, 0.2) is 0 Å². The molecule has 4 rings (SSSR count). The van der Waals surface area contributed by atoms with Crippen LogP contribution in [0.25, 0.3) is 0 Å². The largest absolute Gasteiger partial charge is 0.488 e. The molecule has 2 aromatic carbocycles. The molecular formula is C18H15NO3. The van der Waals surface area contributed by atoms with Gasteiger partial charge in [-0.15, -0.1) is 0 Å². The number of imide groups is 1. The topological polar surface area (TPSA) is 46.6 Å². The molecule has 0 bridgehead atoms. The number of aryl methyl sites for hydroxylation is 1. The molecule has 1 atom stereocenters. The fraction of sp³-hybridized carbons (Fsp3) is 0.222. The van der Waals surface area contributed by atoms with Gasteiger partial charge < -0.3 is 4.74 Å². The lowest BCUT2D eigenvalue weighted by atomic mass is 10.0. The molecule has 0 radical (unpaired) electrons. The lowest BCUT2D eigenvalue weighted by Gasteiger charge is -2.28. The van der Waals surface area contributed by atoms with Gasteiger partial charge >= 0.3 is 0 Å². The van der Waals surface area contributed by atoms with E-state index in [9.17, 15) is 9.59 Å². The van der Waals surface area contributed by atoms with E-state index in [-0.39, 0.29) is 17.9 Å². The van der Waals surface area contributed by atoms with Crippen molar-refractivity contribution in [1.29, 1.82) is 0 Å². The molecule has 0 fully saturated rings. The van der Waals surface area contributed by atoms with E-state index in [0.717, 1.165) is 18.6 Å². The first-order valence-electron chi connectivity index (χ1n) is 7.44. The number of ether oxygens (including phenoxy) is 1. The SMILES string of the molecule is O=C1c2ccccc2C(=O)N1C[C@H]1CCc2ccccc2O1. The lowest BCUT2D eigenvalue weighted by molar-refractivity contribution is 0.0551. The summed E-state index contributed by atoms with van der Waals surface area (Å²) in [7, 11) is 0. The van der Waals surface area contributed by atoms with Gasteiger partial charge in [0.05, 0.1) is 17.7 Å². The zero-order chi connectivity index (χ0) is 15.1. The molecule has 2 heterocycles. The average Bonchev–Trinajstić information content (AvgIpc) is 2.80. The van der Waals surface area contributed by atoms with Gasteiger partial charge in [-0.05, 0) is 36.6 Å². The Labute approximate surface area is 128 Å². The van der Waals surface area contributed by atoms with Crippen molar-refractivity contribution in [3.63, 3.8) is 0 Å². The van der Waals surface area contributed by atoms with Crippen LogP contribution in [0.2, 0.25) is 0 Å². The van der Waals surface area contributed by atoms with Gasteiger partial charge in [-0.3, -0.25) is 14.5 Å². The normalized spacial score (nSPS) is 19.6. The van der Waals surface area contributed by atoms with E-state index in [0.29, 0.717) is 17.7 Å². The Hall–Kier alpha value is -2.62. The van der Waals surface area contributed by atoms with Crippen LogP contribution < -0.4 is 4.74 Å². The maximum atomic E-state index is 12.4. The molecule has 2 amide bonds. The fourth-order valence-corrected chi connectivity index (χ4v) is 3.12. The number of carbonyl (C=O) groups excluding carboxylic acids is 2. The number of rotatable bonds is 2. The molecule has 4 nitrogen and oxygen atoms in total. The monoisotopic (exact) mass is 293 g/mol. The Balaban J connectivity index is 1.54. The highest BCUT2D eigenvalue weighted by Crippen LogP contribution is 2.29. The number of benzene rings is 2. The van der Waals surface area contributed by atoms with Gasteiger partial charge in [-0.2, -0.15) is 0 Å². The van der Waals surface area contributed by atoms with Crippen LogP contribution in [0.15, 0.2) is 48.5 Å². The van der Waals surface area contributed by atoms with Crippen LogP contribution in [0.1, 0.15) is 32.7 Å². The Bertz CT molecular complexity index is 733. The molecule has 2 aromatic rings. The lowest BCUT2D eigenvalue weighted by Crippen LogP contribution is -2.40. The second-order valence-corrected chi connectivity index (χ2v) is 5.65. The minimum atomic E-state index is -0.219. The molecule has 4 heteroatoms. The summed E-state index contributed by atoms with van der Waals surface area (Å²) in [5.41, 5.74) is 2.16. The minimum absolute atomic E-state index is 0.142. The Morgan fingerprint density at radius 1 is 0.955 bits per heavy atom. The van der Waals surface area contributed by atoms with Crippen LogP contribution >= 0.6 is 0 Å². The zero-order valence-corrected chi connectivity index (χ0v) is 12.0. The van der Waals surface area contributed by atoms with Gasteiger partial charge in [0.2, 0.25) is 0 Å². The van der Waals surface area contributed by atoms with Crippen molar-refractivity contribution in [2.75, 3.05) is 6.54 Å². The highest BCUT2D eigenvalue weighted by atomic mass is 16.5. The first-order chi connectivity index (χ1) is 10.7. The molecule has 22 heavy (non-hydrogen) atoms. The number of hydrogen-bond donors (Lipinski definition) is 0.